The summed E-state index contributed by atoms with van der Waals surface area (Å²) in [6.07, 6.45) is 1.83. The number of carboxylic acids is 1. The van der Waals surface area contributed by atoms with E-state index in [0.717, 1.165) is 31.9 Å². The van der Waals surface area contributed by atoms with Gasteiger partial charge in [-0.25, -0.2) is 4.98 Å². The third-order valence-electron chi connectivity index (χ3n) is 5.49. The summed E-state index contributed by atoms with van der Waals surface area (Å²) in [5, 5.41) is 10.4. The summed E-state index contributed by atoms with van der Waals surface area (Å²) in [6.45, 7) is 2.04. The molecule has 5 heteroatoms. The Labute approximate surface area is 161 Å². The van der Waals surface area contributed by atoms with Gasteiger partial charge in [0.15, 0.2) is 0 Å². The standard InChI is InChI=1S/C22H21NO3S/c1-14-5-4-8-17-21(14)23-19(27-17)10-9-18(24)22(13-20(25)26)11-15-6-2-3-7-16(15)12-22/h2-8H,9-13H2,1H3,(H,25,26). The van der Waals surface area contributed by atoms with Crippen LogP contribution in [0.3, 0.4) is 0 Å². The molecule has 0 spiro atoms. The van der Waals surface area contributed by atoms with Crippen LogP contribution >= 0.6 is 11.3 Å². The molecule has 0 amide bonds. The largest absolute Gasteiger partial charge is 0.481 e. The van der Waals surface area contributed by atoms with Crippen molar-refractivity contribution in [1.29, 1.82) is 0 Å². The Morgan fingerprint density at radius 1 is 1.11 bits per heavy atom. The number of carbonyl (C=O) groups is 2. The van der Waals surface area contributed by atoms with E-state index >= 15 is 0 Å². The Kier molecular flexibility index (Phi) is 4.56. The van der Waals surface area contributed by atoms with Crippen LogP contribution in [0.1, 0.15) is 34.5 Å². The number of thiazole rings is 1. The zero-order valence-electron chi connectivity index (χ0n) is 15.2. The highest BCUT2D eigenvalue weighted by molar-refractivity contribution is 7.18. The van der Waals surface area contributed by atoms with Gasteiger partial charge in [-0.15, -0.1) is 11.3 Å². The van der Waals surface area contributed by atoms with Crippen LogP contribution in [0, 0.1) is 12.3 Å². The first-order valence-corrected chi connectivity index (χ1v) is 9.95. The predicted molar refractivity (Wildman–Crippen MR) is 106 cm³/mol. The summed E-state index contributed by atoms with van der Waals surface area (Å²) in [6, 6.07) is 14.0. The van der Waals surface area contributed by atoms with Crippen molar-refractivity contribution < 1.29 is 14.7 Å². The maximum Gasteiger partial charge on any atom is 0.304 e. The van der Waals surface area contributed by atoms with E-state index in [1.807, 2.05) is 49.4 Å². The lowest BCUT2D eigenvalue weighted by atomic mass is 9.76. The third-order valence-corrected chi connectivity index (χ3v) is 6.57. The number of rotatable bonds is 6. The van der Waals surface area contributed by atoms with E-state index in [0.29, 0.717) is 25.7 Å². The van der Waals surface area contributed by atoms with E-state index < -0.39 is 11.4 Å². The highest BCUT2D eigenvalue weighted by Gasteiger charge is 2.44. The number of carboxylic acid groups (broad SMARTS) is 1. The van der Waals surface area contributed by atoms with Crippen LogP contribution in [-0.4, -0.2) is 21.8 Å². The fourth-order valence-corrected chi connectivity index (χ4v) is 5.17. The minimum Gasteiger partial charge on any atom is -0.481 e. The van der Waals surface area contributed by atoms with Gasteiger partial charge in [-0.2, -0.15) is 0 Å². The quantitative estimate of drug-likeness (QED) is 0.691. The monoisotopic (exact) mass is 379 g/mol. The van der Waals surface area contributed by atoms with Crippen LogP contribution in [-0.2, 0) is 28.9 Å². The molecule has 27 heavy (non-hydrogen) atoms. The maximum absolute atomic E-state index is 13.1. The Hall–Kier alpha value is -2.53. The number of carbonyl (C=O) groups excluding carboxylic acids is 1. The fourth-order valence-electron chi connectivity index (χ4n) is 4.13. The normalized spacial score (nSPS) is 15.0. The number of ketones is 1. The zero-order chi connectivity index (χ0) is 19.0. The topological polar surface area (TPSA) is 67.3 Å². The third kappa shape index (κ3) is 3.39. The van der Waals surface area contributed by atoms with E-state index in [2.05, 4.69) is 4.98 Å². The first-order chi connectivity index (χ1) is 13.0. The lowest BCUT2D eigenvalue weighted by Crippen LogP contribution is -2.35. The Bertz CT molecular complexity index is 1010. The summed E-state index contributed by atoms with van der Waals surface area (Å²) < 4.78 is 1.13. The summed E-state index contributed by atoms with van der Waals surface area (Å²) in [5.41, 5.74) is 3.51. The SMILES string of the molecule is Cc1cccc2sc(CCC(=O)C3(CC(=O)O)Cc4ccccc4C3)nc12. The van der Waals surface area contributed by atoms with Crippen molar-refractivity contribution in [3.63, 3.8) is 0 Å². The van der Waals surface area contributed by atoms with Crippen LogP contribution in [0.25, 0.3) is 10.2 Å². The van der Waals surface area contributed by atoms with E-state index in [1.54, 1.807) is 11.3 Å². The highest BCUT2D eigenvalue weighted by Crippen LogP contribution is 2.41. The number of benzene rings is 2. The lowest BCUT2D eigenvalue weighted by molar-refractivity contribution is -0.144. The van der Waals surface area contributed by atoms with Crippen molar-refractivity contribution in [1.82, 2.24) is 4.98 Å². The molecule has 138 valence electrons. The highest BCUT2D eigenvalue weighted by atomic mass is 32.1. The van der Waals surface area contributed by atoms with Gasteiger partial charge in [0, 0.05) is 18.3 Å². The molecule has 0 unspecified atom stereocenters. The maximum atomic E-state index is 13.1. The van der Waals surface area contributed by atoms with Crippen LogP contribution in [0.4, 0.5) is 0 Å². The van der Waals surface area contributed by atoms with Gasteiger partial charge in [0.25, 0.3) is 0 Å². The average Bonchev–Trinajstić information content (AvgIpc) is 3.21. The number of Topliss-reactive ketones (excluding diaryl/α,β-unsaturated/α-hetero) is 1. The molecule has 0 fully saturated rings. The van der Waals surface area contributed by atoms with Crippen molar-refractivity contribution >= 4 is 33.3 Å². The number of aryl methyl sites for hydroxylation is 2. The van der Waals surface area contributed by atoms with Crippen molar-refractivity contribution in [3.05, 3.63) is 64.2 Å². The van der Waals surface area contributed by atoms with Crippen LogP contribution in [0.2, 0.25) is 0 Å². The van der Waals surface area contributed by atoms with Crippen molar-refractivity contribution in [2.75, 3.05) is 0 Å². The molecule has 3 aromatic rings. The molecule has 0 aliphatic heterocycles. The molecule has 0 atom stereocenters. The van der Waals surface area contributed by atoms with E-state index in [9.17, 15) is 14.7 Å². The number of aliphatic carboxylic acids is 1. The van der Waals surface area contributed by atoms with Crippen LogP contribution in [0.5, 0.6) is 0 Å². The molecular formula is C22H21NO3S. The zero-order valence-corrected chi connectivity index (χ0v) is 16.0. The van der Waals surface area contributed by atoms with Gasteiger partial charge in [0.1, 0.15) is 5.78 Å². The molecule has 0 bridgehead atoms. The van der Waals surface area contributed by atoms with Gasteiger partial charge < -0.3 is 5.11 Å². The van der Waals surface area contributed by atoms with Gasteiger partial charge in [0.05, 0.1) is 21.6 Å². The molecule has 1 N–H and O–H groups in total. The van der Waals surface area contributed by atoms with Gasteiger partial charge in [-0.3, -0.25) is 9.59 Å². The Balaban J connectivity index is 1.54. The smallest absolute Gasteiger partial charge is 0.304 e. The molecule has 1 aliphatic carbocycles. The molecule has 2 aromatic carbocycles. The van der Waals surface area contributed by atoms with Gasteiger partial charge in [-0.05, 0) is 42.5 Å². The second-order valence-electron chi connectivity index (χ2n) is 7.43. The molecule has 1 heterocycles. The number of nitrogens with zero attached hydrogens (tertiary/aromatic N) is 1. The molecule has 4 nitrogen and oxygen atoms in total. The number of aromatic nitrogens is 1. The fraction of sp³-hybridized carbons (Fsp3) is 0.318. The van der Waals surface area contributed by atoms with E-state index in [1.165, 1.54) is 0 Å². The minimum absolute atomic E-state index is 0.0390. The first-order valence-electron chi connectivity index (χ1n) is 9.14. The summed E-state index contributed by atoms with van der Waals surface area (Å²) in [4.78, 5) is 29.3. The molecule has 1 aromatic heterocycles. The van der Waals surface area contributed by atoms with Gasteiger partial charge in [-0.1, -0.05) is 36.4 Å². The Morgan fingerprint density at radius 3 is 2.44 bits per heavy atom. The molecule has 0 saturated carbocycles. The average molecular weight is 379 g/mol. The molecule has 0 radical (unpaired) electrons. The lowest BCUT2D eigenvalue weighted by Gasteiger charge is -2.25. The second kappa shape index (κ2) is 6.89. The summed E-state index contributed by atoms with van der Waals surface area (Å²) >= 11 is 1.62. The summed E-state index contributed by atoms with van der Waals surface area (Å²) in [7, 11) is 0. The van der Waals surface area contributed by atoms with E-state index in [4.69, 9.17) is 0 Å². The van der Waals surface area contributed by atoms with Crippen molar-refractivity contribution in [2.24, 2.45) is 5.41 Å². The predicted octanol–water partition coefficient (Wildman–Crippen LogP) is 4.37. The number of para-hydroxylation sites is 1. The number of hydrogen-bond acceptors (Lipinski definition) is 4. The van der Waals surface area contributed by atoms with Crippen molar-refractivity contribution in [3.8, 4) is 0 Å². The second-order valence-corrected chi connectivity index (χ2v) is 8.54. The summed E-state index contributed by atoms with van der Waals surface area (Å²) in [5.74, 6) is -0.871. The molecule has 0 saturated heterocycles. The van der Waals surface area contributed by atoms with E-state index in [-0.39, 0.29) is 12.2 Å². The number of hydrogen-bond donors (Lipinski definition) is 1. The number of fused-ring (bicyclic) bond motifs is 2. The first kappa shape index (κ1) is 17.9. The van der Waals surface area contributed by atoms with Crippen LogP contribution in [0.15, 0.2) is 42.5 Å². The Morgan fingerprint density at radius 2 is 1.81 bits per heavy atom. The molecule has 1 aliphatic rings. The van der Waals surface area contributed by atoms with Crippen LogP contribution < -0.4 is 0 Å². The molecular weight excluding hydrogens is 358 g/mol. The van der Waals surface area contributed by atoms with Gasteiger partial charge >= 0.3 is 5.97 Å². The minimum atomic E-state index is -0.910. The molecule has 4 rings (SSSR count). The van der Waals surface area contributed by atoms with Gasteiger partial charge in [0.2, 0.25) is 0 Å². The van der Waals surface area contributed by atoms with Crippen molar-refractivity contribution in [2.45, 2.75) is 39.0 Å².